The second kappa shape index (κ2) is 6.75. The van der Waals surface area contributed by atoms with Crippen LogP contribution in [-0.2, 0) is 10.2 Å². The van der Waals surface area contributed by atoms with Crippen molar-refractivity contribution in [1.29, 1.82) is 0 Å². The fourth-order valence-electron chi connectivity index (χ4n) is 4.61. The van der Waals surface area contributed by atoms with Gasteiger partial charge in [-0.2, -0.15) is 0 Å². The molecule has 140 valence electrons. The van der Waals surface area contributed by atoms with Crippen molar-refractivity contribution in [2.75, 3.05) is 19.6 Å². The zero-order chi connectivity index (χ0) is 18.2. The van der Waals surface area contributed by atoms with Gasteiger partial charge in [-0.15, -0.1) is 0 Å². The molecule has 25 heavy (non-hydrogen) atoms. The van der Waals surface area contributed by atoms with Crippen LogP contribution in [0.2, 0.25) is 0 Å². The Kier molecular flexibility index (Phi) is 4.98. The standard InChI is InChI=1S/C22H34N2O.H2/c1-16-6-7-19-18(14-16)20(23-17(2)25)15-22(19)9-12-24(13-10-22)11-8-21(3,4)5;/h6-7,14,20H,8-13,15H2,1-5H3,(H,23,25);1H/t20-;/m0./s1. The summed E-state index contributed by atoms with van der Waals surface area (Å²) in [5.74, 6) is 0.0807. The van der Waals surface area contributed by atoms with Crippen LogP contribution in [-0.4, -0.2) is 30.4 Å². The third kappa shape index (κ3) is 4.08. The molecule has 0 saturated carbocycles. The van der Waals surface area contributed by atoms with E-state index in [0.29, 0.717) is 5.41 Å². The molecule has 2 aliphatic rings. The number of amides is 1. The summed E-state index contributed by atoms with van der Waals surface area (Å²) in [6, 6.07) is 7.05. The molecular formula is C22H36N2O. The van der Waals surface area contributed by atoms with Crippen LogP contribution in [0.15, 0.2) is 18.2 Å². The summed E-state index contributed by atoms with van der Waals surface area (Å²) in [5, 5.41) is 3.20. The molecular weight excluding hydrogens is 308 g/mol. The lowest BCUT2D eigenvalue weighted by molar-refractivity contribution is -0.119. The van der Waals surface area contributed by atoms with Crippen LogP contribution < -0.4 is 5.32 Å². The zero-order valence-corrected chi connectivity index (χ0v) is 16.6. The smallest absolute Gasteiger partial charge is 0.217 e. The fourth-order valence-corrected chi connectivity index (χ4v) is 4.61. The quantitative estimate of drug-likeness (QED) is 0.869. The third-order valence-corrected chi connectivity index (χ3v) is 6.12. The number of rotatable bonds is 3. The third-order valence-electron chi connectivity index (χ3n) is 6.12. The minimum atomic E-state index is 0. The fraction of sp³-hybridized carbons (Fsp3) is 0.682. The second-order valence-electron chi connectivity index (χ2n) is 9.48. The largest absolute Gasteiger partial charge is 0.349 e. The van der Waals surface area contributed by atoms with E-state index in [9.17, 15) is 4.79 Å². The predicted octanol–water partition coefficient (Wildman–Crippen LogP) is 4.59. The van der Waals surface area contributed by atoms with Gasteiger partial charge in [0.05, 0.1) is 6.04 Å². The normalized spacial score (nSPS) is 22.8. The zero-order valence-electron chi connectivity index (χ0n) is 16.6. The summed E-state index contributed by atoms with van der Waals surface area (Å²) in [6.45, 7) is 14.3. The number of nitrogens with zero attached hydrogens (tertiary/aromatic N) is 1. The first-order valence-electron chi connectivity index (χ1n) is 9.79. The summed E-state index contributed by atoms with van der Waals surface area (Å²) >= 11 is 0. The SMILES string of the molecule is CC(=O)N[C@H]1CC2(CCN(CCC(C)(C)C)CC2)c2ccc(C)cc21.[HH]. The van der Waals surface area contributed by atoms with E-state index >= 15 is 0 Å². The molecule has 1 aliphatic carbocycles. The molecule has 1 atom stereocenters. The average Bonchev–Trinajstić information content (AvgIpc) is 2.78. The Morgan fingerprint density at radius 2 is 2.00 bits per heavy atom. The van der Waals surface area contributed by atoms with E-state index in [2.05, 4.69) is 56.1 Å². The van der Waals surface area contributed by atoms with Crippen LogP contribution in [0, 0.1) is 12.3 Å². The van der Waals surface area contributed by atoms with E-state index < -0.39 is 0 Å². The first-order valence-corrected chi connectivity index (χ1v) is 9.79. The molecule has 0 unspecified atom stereocenters. The number of benzene rings is 1. The van der Waals surface area contributed by atoms with E-state index in [0.717, 1.165) is 6.42 Å². The number of carbonyl (C=O) groups excluding carboxylic acids is 1. The minimum absolute atomic E-state index is 0. The van der Waals surface area contributed by atoms with Gasteiger partial charge in [0, 0.05) is 13.8 Å². The number of carbonyl (C=O) groups is 1. The van der Waals surface area contributed by atoms with Gasteiger partial charge in [-0.1, -0.05) is 44.5 Å². The Bertz CT molecular complexity index is 642. The predicted molar refractivity (Wildman–Crippen MR) is 106 cm³/mol. The number of nitrogens with one attached hydrogen (secondary N) is 1. The van der Waals surface area contributed by atoms with Crippen molar-refractivity contribution in [3.63, 3.8) is 0 Å². The maximum atomic E-state index is 11.7. The van der Waals surface area contributed by atoms with Gasteiger partial charge in [0.15, 0.2) is 0 Å². The van der Waals surface area contributed by atoms with Crippen molar-refractivity contribution in [2.45, 2.75) is 71.8 Å². The highest BCUT2D eigenvalue weighted by Gasteiger charge is 2.45. The van der Waals surface area contributed by atoms with Crippen LogP contribution in [0.1, 0.15) is 77.5 Å². The van der Waals surface area contributed by atoms with Crippen LogP contribution in [0.25, 0.3) is 0 Å². The van der Waals surface area contributed by atoms with E-state index in [-0.39, 0.29) is 18.8 Å². The van der Waals surface area contributed by atoms with Crippen molar-refractivity contribution in [2.24, 2.45) is 5.41 Å². The first kappa shape index (κ1) is 18.4. The minimum Gasteiger partial charge on any atom is -0.349 e. The van der Waals surface area contributed by atoms with Crippen molar-refractivity contribution in [3.8, 4) is 0 Å². The van der Waals surface area contributed by atoms with E-state index in [4.69, 9.17) is 0 Å². The second-order valence-corrected chi connectivity index (χ2v) is 9.48. The molecule has 1 saturated heterocycles. The van der Waals surface area contributed by atoms with E-state index in [1.807, 2.05) is 0 Å². The molecule has 3 heteroatoms. The molecule has 0 bridgehead atoms. The van der Waals surface area contributed by atoms with Gasteiger partial charge in [0.25, 0.3) is 0 Å². The lowest BCUT2D eigenvalue weighted by Crippen LogP contribution is -2.43. The monoisotopic (exact) mass is 344 g/mol. The van der Waals surface area contributed by atoms with Gasteiger partial charge in [0.1, 0.15) is 0 Å². The molecule has 1 amide bonds. The average molecular weight is 345 g/mol. The highest BCUT2D eigenvalue weighted by atomic mass is 16.1. The molecule has 1 aromatic rings. The van der Waals surface area contributed by atoms with Crippen LogP contribution in [0.3, 0.4) is 0 Å². The maximum Gasteiger partial charge on any atom is 0.217 e. The number of aryl methyl sites for hydroxylation is 1. The van der Waals surface area contributed by atoms with Crippen LogP contribution in [0.5, 0.6) is 0 Å². The van der Waals surface area contributed by atoms with Crippen molar-refractivity contribution in [3.05, 3.63) is 34.9 Å². The van der Waals surface area contributed by atoms with Crippen molar-refractivity contribution in [1.82, 2.24) is 10.2 Å². The molecule has 3 nitrogen and oxygen atoms in total. The Morgan fingerprint density at radius 1 is 1.32 bits per heavy atom. The van der Waals surface area contributed by atoms with Crippen LogP contribution >= 0.6 is 0 Å². The van der Waals surface area contributed by atoms with Gasteiger partial charge >= 0.3 is 0 Å². The highest BCUT2D eigenvalue weighted by Crippen LogP contribution is 2.51. The highest BCUT2D eigenvalue weighted by molar-refractivity contribution is 5.74. The number of hydrogen-bond donors (Lipinski definition) is 1. The number of piperidine rings is 1. The van der Waals surface area contributed by atoms with Gasteiger partial charge in [-0.05, 0) is 68.8 Å². The molecule has 1 aliphatic heterocycles. The Balaban J connectivity index is 0.00000243. The summed E-state index contributed by atoms with van der Waals surface area (Å²) < 4.78 is 0. The van der Waals surface area contributed by atoms with Crippen molar-refractivity contribution < 1.29 is 6.22 Å². The molecule has 3 rings (SSSR count). The Morgan fingerprint density at radius 3 is 2.60 bits per heavy atom. The van der Waals surface area contributed by atoms with Gasteiger partial charge in [-0.3, -0.25) is 4.79 Å². The molecule has 1 fully saturated rings. The maximum absolute atomic E-state index is 11.7. The van der Waals surface area contributed by atoms with Crippen molar-refractivity contribution >= 4 is 5.91 Å². The molecule has 0 aromatic heterocycles. The summed E-state index contributed by atoms with van der Waals surface area (Å²) in [5.41, 5.74) is 4.80. The first-order chi connectivity index (χ1) is 11.7. The van der Waals surface area contributed by atoms with Gasteiger partial charge in [-0.25, -0.2) is 0 Å². The molecule has 1 aromatic carbocycles. The van der Waals surface area contributed by atoms with E-state index in [1.165, 1.54) is 55.6 Å². The van der Waals surface area contributed by atoms with Gasteiger partial charge < -0.3 is 10.2 Å². The molecule has 1 heterocycles. The Labute approximate surface area is 154 Å². The molecule has 1 spiro atoms. The van der Waals surface area contributed by atoms with Gasteiger partial charge in [0.2, 0.25) is 5.91 Å². The summed E-state index contributed by atoms with van der Waals surface area (Å²) in [6.07, 6.45) is 4.75. The topological polar surface area (TPSA) is 32.3 Å². The molecule has 1 N–H and O–H groups in total. The number of hydrogen-bond acceptors (Lipinski definition) is 2. The summed E-state index contributed by atoms with van der Waals surface area (Å²) in [7, 11) is 0. The lowest BCUT2D eigenvalue weighted by Gasteiger charge is -2.41. The Hall–Kier alpha value is -1.35. The molecule has 0 radical (unpaired) electrons. The lowest BCUT2D eigenvalue weighted by atomic mass is 9.73. The number of fused-ring (bicyclic) bond motifs is 2. The van der Waals surface area contributed by atoms with Crippen LogP contribution in [0.4, 0.5) is 0 Å². The summed E-state index contributed by atoms with van der Waals surface area (Å²) in [4.78, 5) is 14.3. The van der Waals surface area contributed by atoms with E-state index in [1.54, 1.807) is 6.92 Å². The number of likely N-dealkylation sites (tertiary alicyclic amines) is 1.